The molecule has 2 nitrogen and oxygen atoms in total. The fraction of sp³-hybridized carbons (Fsp3) is 0.600. The van der Waals surface area contributed by atoms with Gasteiger partial charge in [-0.3, -0.25) is 0 Å². The summed E-state index contributed by atoms with van der Waals surface area (Å²) < 4.78 is 10.8. The van der Waals surface area contributed by atoms with Gasteiger partial charge in [0.1, 0.15) is 5.75 Å². The van der Waals surface area contributed by atoms with Crippen molar-refractivity contribution in [1.29, 1.82) is 0 Å². The zero-order chi connectivity index (χ0) is 13.0. The Morgan fingerprint density at radius 1 is 1.28 bits per heavy atom. The Hall–Kier alpha value is -0.540. The Balaban J connectivity index is 1.79. The minimum Gasteiger partial charge on any atom is -0.497 e. The predicted molar refractivity (Wildman–Crippen MR) is 77.4 cm³/mol. The number of rotatable bonds is 6. The number of halogens is 1. The summed E-state index contributed by atoms with van der Waals surface area (Å²) in [6.45, 7) is 2.91. The first kappa shape index (κ1) is 13.9. The van der Waals surface area contributed by atoms with E-state index in [9.17, 15) is 0 Å². The molecule has 0 N–H and O–H groups in total. The molecule has 0 radical (unpaired) electrons. The third-order valence-corrected chi connectivity index (χ3v) is 4.52. The zero-order valence-electron chi connectivity index (χ0n) is 11.1. The maximum absolute atomic E-state index is 5.59. The standard InChI is InChI=1S/C15H21BrO2/c1-3-18-14-8-11(9-14)10-15(16)12-4-6-13(17-2)7-5-12/h4-7,11,14-15H,3,8-10H2,1-2H3. The molecular weight excluding hydrogens is 292 g/mol. The van der Waals surface area contributed by atoms with Crippen molar-refractivity contribution in [1.82, 2.24) is 0 Å². The molecule has 18 heavy (non-hydrogen) atoms. The van der Waals surface area contributed by atoms with E-state index in [1.165, 1.54) is 24.8 Å². The van der Waals surface area contributed by atoms with E-state index in [0.29, 0.717) is 10.9 Å². The monoisotopic (exact) mass is 312 g/mol. The molecule has 100 valence electrons. The molecule has 1 fully saturated rings. The lowest BCUT2D eigenvalue weighted by atomic mass is 9.78. The van der Waals surface area contributed by atoms with Crippen LogP contribution < -0.4 is 4.74 Å². The Labute approximate surface area is 118 Å². The smallest absolute Gasteiger partial charge is 0.118 e. The highest BCUT2D eigenvalue weighted by Gasteiger charge is 2.31. The summed E-state index contributed by atoms with van der Waals surface area (Å²) in [5.74, 6) is 1.71. The van der Waals surface area contributed by atoms with E-state index in [-0.39, 0.29) is 0 Å². The average molecular weight is 313 g/mol. The number of hydrogen-bond donors (Lipinski definition) is 0. The van der Waals surface area contributed by atoms with E-state index < -0.39 is 0 Å². The summed E-state index contributed by atoms with van der Waals surface area (Å²) in [5.41, 5.74) is 1.33. The number of benzene rings is 1. The second kappa shape index (κ2) is 6.58. The van der Waals surface area contributed by atoms with E-state index >= 15 is 0 Å². The molecule has 0 heterocycles. The third-order valence-electron chi connectivity index (χ3n) is 3.61. The van der Waals surface area contributed by atoms with Crippen LogP contribution in [0.25, 0.3) is 0 Å². The van der Waals surface area contributed by atoms with Crippen LogP contribution in [0.15, 0.2) is 24.3 Å². The summed E-state index contributed by atoms with van der Waals surface area (Å²) >= 11 is 3.79. The van der Waals surface area contributed by atoms with Crippen molar-refractivity contribution in [2.45, 2.75) is 37.1 Å². The van der Waals surface area contributed by atoms with Gasteiger partial charge in [-0.25, -0.2) is 0 Å². The van der Waals surface area contributed by atoms with E-state index in [2.05, 4.69) is 35.0 Å². The normalized spacial score (nSPS) is 24.4. The Morgan fingerprint density at radius 2 is 1.94 bits per heavy atom. The van der Waals surface area contributed by atoms with Crippen LogP contribution in [-0.2, 0) is 4.74 Å². The number of ether oxygens (including phenoxy) is 2. The fourth-order valence-corrected chi connectivity index (χ4v) is 3.31. The lowest BCUT2D eigenvalue weighted by molar-refractivity contribution is -0.0264. The first-order valence-electron chi connectivity index (χ1n) is 6.62. The highest BCUT2D eigenvalue weighted by atomic mass is 79.9. The number of methoxy groups -OCH3 is 1. The van der Waals surface area contributed by atoms with Gasteiger partial charge in [0.05, 0.1) is 13.2 Å². The SMILES string of the molecule is CCOC1CC(CC(Br)c2ccc(OC)cc2)C1. The van der Waals surface area contributed by atoms with Crippen molar-refractivity contribution in [2.24, 2.45) is 5.92 Å². The summed E-state index contributed by atoms with van der Waals surface area (Å²) in [4.78, 5) is 0.441. The summed E-state index contributed by atoms with van der Waals surface area (Å²) in [5, 5.41) is 0. The third kappa shape index (κ3) is 3.48. The molecule has 1 aliphatic carbocycles. The second-order valence-electron chi connectivity index (χ2n) is 4.89. The van der Waals surface area contributed by atoms with Crippen LogP contribution in [0.3, 0.4) is 0 Å². The van der Waals surface area contributed by atoms with Gasteiger partial charge in [-0.2, -0.15) is 0 Å². The van der Waals surface area contributed by atoms with Crippen molar-refractivity contribution in [3.63, 3.8) is 0 Å². The lowest BCUT2D eigenvalue weighted by Gasteiger charge is -2.36. The van der Waals surface area contributed by atoms with Crippen molar-refractivity contribution in [3.05, 3.63) is 29.8 Å². The van der Waals surface area contributed by atoms with Crippen LogP contribution >= 0.6 is 15.9 Å². The highest BCUT2D eigenvalue weighted by molar-refractivity contribution is 9.09. The Kier molecular flexibility index (Phi) is 5.07. The highest BCUT2D eigenvalue weighted by Crippen LogP contribution is 2.40. The van der Waals surface area contributed by atoms with Crippen LogP contribution in [0.5, 0.6) is 5.75 Å². The van der Waals surface area contributed by atoms with E-state index in [4.69, 9.17) is 9.47 Å². The molecule has 3 heteroatoms. The molecule has 0 spiro atoms. The van der Waals surface area contributed by atoms with E-state index in [0.717, 1.165) is 18.3 Å². The van der Waals surface area contributed by atoms with Crippen molar-refractivity contribution >= 4 is 15.9 Å². The molecule has 1 atom stereocenters. The molecule has 0 bridgehead atoms. The first-order valence-corrected chi connectivity index (χ1v) is 7.54. The largest absolute Gasteiger partial charge is 0.497 e. The maximum atomic E-state index is 5.59. The molecule has 0 saturated heterocycles. The van der Waals surface area contributed by atoms with Crippen LogP contribution in [0.2, 0.25) is 0 Å². The molecule has 0 amide bonds. The average Bonchev–Trinajstić information content (AvgIpc) is 2.36. The molecular formula is C15H21BrO2. The minimum absolute atomic E-state index is 0.441. The van der Waals surface area contributed by atoms with Crippen LogP contribution in [0, 0.1) is 5.92 Å². The second-order valence-corrected chi connectivity index (χ2v) is 6.00. The van der Waals surface area contributed by atoms with Gasteiger partial charge in [-0.1, -0.05) is 28.1 Å². The van der Waals surface area contributed by atoms with Crippen molar-refractivity contribution in [3.8, 4) is 5.75 Å². The van der Waals surface area contributed by atoms with Crippen LogP contribution in [0.1, 0.15) is 36.6 Å². The van der Waals surface area contributed by atoms with Gasteiger partial charge in [-0.05, 0) is 49.8 Å². The Bertz CT molecular complexity index is 357. The zero-order valence-corrected chi connectivity index (χ0v) is 12.7. The number of alkyl halides is 1. The summed E-state index contributed by atoms with van der Waals surface area (Å²) in [6, 6.07) is 8.31. The molecule has 0 aromatic heterocycles. The van der Waals surface area contributed by atoms with Gasteiger partial charge in [-0.15, -0.1) is 0 Å². The fourth-order valence-electron chi connectivity index (χ4n) is 2.48. The van der Waals surface area contributed by atoms with Gasteiger partial charge < -0.3 is 9.47 Å². The van der Waals surface area contributed by atoms with Gasteiger partial charge in [0.2, 0.25) is 0 Å². The lowest BCUT2D eigenvalue weighted by Crippen LogP contribution is -2.31. The van der Waals surface area contributed by atoms with Crippen LogP contribution in [0.4, 0.5) is 0 Å². The predicted octanol–water partition coefficient (Wildman–Crippen LogP) is 4.34. The molecule has 1 unspecified atom stereocenters. The van der Waals surface area contributed by atoms with Gasteiger partial charge in [0.15, 0.2) is 0 Å². The topological polar surface area (TPSA) is 18.5 Å². The van der Waals surface area contributed by atoms with Crippen LogP contribution in [-0.4, -0.2) is 19.8 Å². The van der Waals surface area contributed by atoms with E-state index in [1.807, 2.05) is 12.1 Å². The quantitative estimate of drug-likeness (QED) is 0.728. The van der Waals surface area contributed by atoms with Gasteiger partial charge in [0, 0.05) is 11.4 Å². The first-order chi connectivity index (χ1) is 8.72. The van der Waals surface area contributed by atoms with Crippen molar-refractivity contribution < 1.29 is 9.47 Å². The molecule has 1 aliphatic rings. The molecule has 2 rings (SSSR count). The van der Waals surface area contributed by atoms with Crippen molar-refractivity contribution in [2.75, 3.05) is 13.7 Å². The summed E-state index contributed by atoms with van der Waals surface area (Å²) in [6.07, 6.45) is 4.13. The van der Waals surface area contributed by atoms with Gasteiger partial charge >= 0.3 is 0 Å². The molecule has 0 aliphatic heterocycles. The molecule has 1 aromatic carbocycles. The number of hydrogen-bond acceptors (Lipinski definition) is 2. The van der Waals surface area contributed by atoms with E-state index in [1.54, 1.807) is 7.11 Å². The Morgan fingerprint density at radius 3 is 2.50 bits per heavy atom. The van der Waals surface area contributed by atoms with Gasteiger partial charge in [0.25, 0.3) is 0 Å². The molecule has 1 saturated carbocycles. The molecule has 1 aromatic rings. The summed E-state index contributed by atoms with van der Waals surface area (Å²) in [7, 11) is 1.70. The minimum atomic E-state index is 0.441. The maximum Gasteiger partial charge on any atom is 0.118 e.